The van der Waals surface area contributed by atoms with Crippen LogP contribution in [-0.2, 0) is 13.2 Å². The molecule has 0 aliphatic carbocycles. The predicted molar refractivity (Wildman–Crippen MR) is 103 cm³/mol. The Balaban J connectivity index is 1.23. The van der Waals surface area contributed by atoms with Gasteiger partial charge < -0.3 is 19.5 Å². The van der Waals surface area contributed by atoms with Gasteiger partial charge in [0.05, 0.1) is 5.92 Å². The number of benzene rings is 2. The van der Waals surface area contributed by atoms with Gasteiger partial charge in [0.25, 0.3) is 5.89 Å². The number of aromatic nitrogens is 2. The van der Waals surface area contributed by atoms with Gasteiger partial charge in [-0.15, -0.1) is 0 Å². The number of nitrogens with zero attached hydrogens (tertiary/aromatic N) is 3. The molecule has 2 heterocycles. The standard InChI is InChI=1S/C21H22N4O3/c1-15-7-5-6-10-18(15)27-14-19-23-20(24-28-19)17-12-25(13-17)21(26)22-11-16-8-3-2-4-9-16/h2-10,17H,11-14H2,1H3,(H,22,26). The first-order valence-corrected chi connectivity index (χ1v) is 9.26. The van der Waals surface area contributed by atoms with Crippen LogP contribution in [0.1, 0.15) is 28.8 Å². The molecule has 1 saturated heterocycles. The second kappa shape index (κ2) is 8.12. The van der Waals surface area contributed by atoms with E-state index in [9.17, 15) is 4.79 Å². The van der Waals surface area contributed by atoms with Crippen molar-refractivity contribution in [1.29, 1.82) is 0 Å². The number of likely N-dealkylation sites (tertiary alicyclic amines) is 1. The van der Waals surface area contributed by atoms with Crippen LogP contribution in [0.25, 0.3) is 0 Å². The quantitative estimate of drug-likeness (QED) is 0.712. The Morgan fingerprint density at radius 3 is 2.71 bits per heavy atom. The average molecular weight is 378 g/mol. The second-order valence-electron chi connectivity index (χ2n) is 6.85. The molecule has 0 atom stereocenters. The Morgan fingerprint density at radius 1 is 1.18 bits per heavy atom. The number of hydrogen-bond acceptors (Lipinski definition) is 5. The molecule has 0 spiro atoms. The molecule has 28 heavy (non-hydrogen) atoms. The van der Waals surface area contributed by atoms with Gasteiger partial charge in [0.1, 0.15) is 5.75 Å². The summed E-state index contributed by atoms with van der Waals surface area (Å²) in [5.74, 6) is 1.95. The molecule has 2 amide bonds. The summed E-state index contributed by atoms with van der Waals surface area (Å²) >= 11 is 0. The van der Waals surface area contributed by atoms with E-state index in [1.807, 2.05) is 61.5 Å². The van der Waals surface area contributed by atoms with Gasteiger partial charge in [-0.3, -0.25) is 0 Å². The highest BCUT2D eigenvalue weighted by atomic mass is 16.5. The number of aryl methyl sites for hydroxylation is 1. The number of hydrogen-bond donors (Lipinski definition) is 1. The summed E-state index contributed by atoms with van der Waals surface area (Å²) < 4.78 is 11.0. The van der Waals surface area contributed by atoms with Gasteiger partial charge in [0.2, 0.25) is 0 Å². The Hall–Kier alpha value is -3.35. The predicted octanol–water partition coefficient (Wildman–Crippen LogP) is 3.27. The summed E-state index contributed by atoms with van der Waals surface area (Å²) in [5, 5.41) is 6.96. The largest absolute Gasteiger partial charge is 0.483 e. The van der Waals surface area contributed by atoms with E-state index in [1.165, 1.54) is 0 Å². The fraction of sp³-hybridized carbons (Fsp3) is 0.286. The molecule has 7 nitrogen and oxygen atoms in total. The van der Waals surface area contributed by atoms with Crippen molar-refractivity contribution in [3.63, 3.8) is 0 Å². The molecule has 4 rings (SSSR count). The molecule has 2 aromatic carbocycles. The maximum atomic E-state index is 12.2. The summed E-state index contributed by atoms with van der Waals surface area (Å²) in [6, 6.07) is 17.5. The number of carbonyl (C=O) groups is 1. The van der Waals surface area contributed by atoms with Crippen LogP contribution < -0.4 is 10.1 Å². The van der Waals surface area contributed by atoms with E-state index in [2.05, 4.69) is 15.5 Å². The van der Waals surface area contributed by atoms with E-state index in [1.54, 1.807) is 4.90 Å². The lowest BCUT2D eigenvalue weighted by Crippen LogP contribution is -2.52. The second-order valence-corrected chi connectivity index (χ2v) is 6.85. The van der Waals surface area contributed by atoms with Crippen LogP contribution in [0.2, 0.25) is 0 Å². The molecular formula is C21H22N4O3. The van der Waals surface area contributed by atoms with E-state index in [4.69, 9.17) is 9.26 Å². The summed E-state index contributed by atoms with van der Waals surface area (Å²) in [7, 11) is 0. The molecule has 0 radical (unpaired) electrons. The van der Waals surface area contributed by atoms with Crippen molar-refractivity contribution in [1.82, 2.24) is 20.4 Å². The third-order valence-electron chi connectivity index (χ3n) is 4.75. The Labute approximate surface area is 163 Å². The number of ether oxygens (including phenoxy) is 1. The van der Waals surface area contributed by atoms with Crippen molar-refractivity contribution in [2.45, 2.75) is 26.0 Å². The van der Waals surface area contributed by atoms with Crippen LogP contribution in [0.4, 0.5) is 4.79 Å². The maximum Gasteiger partial charge on any atom is 0.317 e. The first-order chi connectivity index (χ1) is 13.7. The smallest absolute Gasteiger partial charge is 0.317 e. The van der Waals surface area contributed by atoms with Gasteiger partial charge in [-0.05, 0) is 24.1 Å². The number of carbonyl (C=O) groups excluding carboxylic acids is 1. The number of urea groups is 1. The van der Waals surface area contributed by atoms with Gasteiger partial charge in [0, 0.05) is 19.6 Å². The van der Waals surface area contributed by atoms with E-state index >= 15 is 0 Å². The first kappa shape index (κ1) is 18.0. The van der Waals surface area contributed by atoms with Crippen LogP contribution in [0.3, 0.4) is 0 Å². The van der Waals surface area contributed by atoms with Crippen molar-refractivity contribution >= 4 is 6.03 Å². The Bertz CT molecular complexity index is 936. The molecule has 1 aliphatic heterocycles. The lowest BCUT2D eigenvalue weighted by atomic mass is 10.0. The fourth-order valence-corrected chi connectivity index (χ4v) is 3.04. The van der Waals surface area contributed by atoms with Crippen LogP contribution in [0, 0.1) is 6.92 Å². The highest BCUT2D eigenvalue weighted by Gasteiger charge is 2.35. The van der Waals surface area contributed by atoms with Crippen molar-refractivity contribution in [2.24, 2.45) is 0 Å². The molecule has 144 valence electrons. The van der Waals surface area contributed by atoms with Crippen molar-refractivity contribution in [3.8, 4) is 5.75 Å². The average Bonchev–Trinajstić information content (AvgIpc) is 3.14. The number of rotatable bonds is 6. The number of nitrogens with one attached hydrogen (secondary N) is 1. The fourth-order valence-electron chi connectivity index (χ4n) is 3.04. The minimum Gasteiger partial charge on any atom is -0.483 e. The third-order valence-corrected chi connectivity index (χ3v) is 4.75. The summed E-state index contributed by atoms with van der Waals surface area (Å²) in [5.41, 5.74) is 2.13. The van der Waals surface area contributed by atoms with E-state index < -0.39 is 0 Å². The van der Waals surface area contributed by atoms with Crippen LogP contribution in [-0.4, -0.2) is 34.2 Å². The van der Waals surface area contributed by atoms with Crippen molar-refractivity contribution < 1.29 is 14.1 Å². The lowest BCUT2D eigenvalue weighted by Gasteiger charge is -2.37. The van der Waals surface area contributed by atoms with Gasteiger partial charge in [-0.2, -0.15) is 4.98 Å². The highest BCUT2D eigenvalue weighted by Crippen LogP contribution is 2.25. The summed E-state index contributed by atoms with van der Waals surface area (Å²) in [4.78, 5) is 18.3. The van der Waals surface area contributed by atoms with Crippen molar-refractivity contribution in [3.05, 3.63) is 77.4 Å². The molecule has 0 unspecified atom stereocenters. The van der Waals surface area contributed by atoms with Crippen LogP contribution in [0.15, 0.2) is 59.1 Å². The first-order valence-electron chi connectivity index (χ1n) is 9.26. The Kier molecular flexibility index (Phi) is 5.23. The molecule has 1 aromatic heterocycles. The maximum absolute atomic E-state index is 12.2. The minimum absolute atomic E-state index is 0.0771. The third kappa shape index (κ3) is 4.14. The van der Waals surface area contributed by atoms with E-state index in [0.29, 0.717) is 31.3 Å². The van der Waals surface area contributed by atoms with Gasteiger partial charge in [-0.25, -0.2) is 4.79 Å². The molecule has 1 aliphatic rings. The molecule has 0 saturated carbocycles. The highest BCUT2D eigenvalue weighted by molar-refractivity contribution is 5.75. The zero-order valence-corrected chi connectivity index (χ0v) is 15.7. The molecule has 1 fully saturated rings. The number of para-hydroxylation sites is 1. The van der Waals surface area contributed by atoms with Gasteiger partial charge in [0.15, 0.2) is 12.4 Å². The minimum atomic E-state index is -0.0771. The molecule has 0 bridgehead atoms. The normalized spacial score (nSPS) is 13.8. The van der Waals surface area contributed by atoms with E-state index in [-0.39, 0.29) is 18.6 Å². The van der Waals surface area contributed by atoms with Gasteiger partial charge in [-0.1, -0.05) is 53.7 Å². The molecular weight excluding hydrogens is 356 g/mol. The van der Waals surface area contributed by atoms with Crippen molar-refractivity contribution in [2.75, 3.05) is 13.1 Å². The zero-order chi connectivity index (χ0) is 19.3. The monoisotopic (exact) mass is 378 g/mol. The molecule has 1 N–H and O–H groups in total. The topological polar surface area (TPSA) is 80.5 Å². The van der Waals surface area contributed by atoms with E-state index in [0.717, 1.165) is 16.9 Å². The van der Waals surface area contributed by atoms with Crippen LogP contribution >= 0.6 is 0 Å². The number of amides is 2. The van der Waals surface area contributed by atoms with Gasteiger partial charge >= 0.3 is 6.03 Å². The zero-order valence-electron chi connectivity index (χ0n) is 15.7. The SMILES string of the molecule is Cc1ccccc1OCc1nc(C2CN(C(=O)NCc3ccccc3)C2)no1. The Morgan fingerprint density at radius 2 is 1.93 bits per heavy atom. The molecule has 7 heteroatoms. The van der Waals surface area contributed by atoms with Crippen LogP contribution in [0.5, 0.6) is 5.75 Å². The lowest BCUT2D eigenvalue weighted by molar-refractivity contribution is 0.147. The molecule has 3 aromatic rings. The summed E-state index contributed by atoms with van der Waals surface area (Å²) in [6.07, 6.45) is 0. The summed E-state index contributed by atoms with van der Waals surface area (Å²) in [6.45, 7) is 3.89.